The van der Waals surface area contributed by atoms with Gasteiger partial charge >= 0.3 is 0 Å². The first-order chi connectivity index (χ1) is 14.6. The Morgan fingerprint density at radius 1 is 1.10 bits per heavy atom. The first-order valence-electron chi connectivity index (χ1n) is 11.5. The van der Waals surface area contributed by atoms with E-state index >= 15 is 0 Å². The fourth-order valence-electron chi connectivity index (χ4n) is 5.92. The maximum Gasteiger partial charge on any atom is 0.223 e. The molecule has 1 aromatic heterocycles. The van der Waals surface area contributed by atoms with Gasteiger partial charge in [-0.1, -0.05) is 43.5 Å². The zero-order valence-corrected chi connectivity index (χ0v) is 17.6. The molecular formula is C25H32N4O. The van der Waals surface area contributed by atoms with Crippen LogP contribution < -0.4 is 16.0 Å². The van der Waals surface area contributed by atoms with Crippen molar-refractivity contribution in [2.45, 2.75) is 62.8 Å². The molecule has 0 bridgehead atoms. The van der Waals surface area contributed by atoms with Gasteiger partial charge in [-0.05, 0) is 49.3 Å². The lowest BCUT2D eigenvalue weighted by atomic mass is 9.73. The number of amides is 1. The van der Waals surface area contributed by atoms with Crippen LogP contribution in [0.1, 0.15) is 68.5 Å². The standard InChI is InChI=1S/C25H32N4O/c26-19-10-13-27-23(16-19)29-14-11-25(12-15-29)17-22(20-8-4-5-9-21(20)25)28-24(30)18-6-2-1-3-7-18/h4-5,8-10,13,16,18,22H,1-3,6-7,11-12,14-15,17H2,(H2,26,27)(H,28,30). The molecule has 1 amide bonds. The molecule has 1 aliphatic heterocycles. The molecule has 30 heavy (non-hydrogen) atoms. The number of nitrogens with zero attached hydrogens (tertiary/aromatic N) is 2. The predicted octanol–water partition coefficient (Wildman–Crippen LogP) is 4.34. The monoisotopic (exact) mass is 404 g/mol. The summed E-state index contributed by atoms with van der Waals surface area (Å²) in [6.45, 7) is 1.93. The number of carbonyl (C=O) groups excluding carboxylic acids is 1. The van der Waals surface area contributed by atoms with Crippen LogP contribution >= 0.6 is 0 Å². The van der Waals surface area contributed by atoms with E-state index in [-0.39, 0.29) is 23.3 Å². The predicted molar refractivity (Wildman–Crippen MR) is 120 cm³/mol. The summed E-state index contributed by atoms with van der Waals surface area (Å²) in [5.74, 6) is 1.45. The average molecular weight is 405 g/mol. The molecule has 1 saturated carbocycles. The van der Waals surface area contributed by atoms with E-state index in [0.29, 0.717) is 0 Å². The van der Waals surface area contributed by atoms with Crippen molar-refractivity contribution in [3.05, 3.63) is 53.7 Å². The molecular weight excluding hydrogens is 372 g/mol. The molecule has 5 heteroatoms. The molecule has 2 heterocycles. The Kier molecular flexibility index (Phi) is 5.13. The Morgan fingerprint density at radius 2 is 1.87 bits per heavy atom. The summed E-state index contributed by atoms with van der Waals surface area (Å²) >= 11 is 0. The third-order valence-electron chi connectivity index (χ3n) is 7.61. The topological polar surface area (TPSA) is 71.2 Å². The van der Waals surface area contributed by atoms with Gasteiger partial charge in [0, 0.05) is 42.4 Å². The van der Waals surface area contributed by atoms with Gasteiger partial charge in [0.25, 0.3) is 0 Å². The van der Waals surface area contributed by atoms with Crippen molar-refractivity contribution in [1.82, 2.24) is 10.3 Å². The number of anilines is 2. The summed E-state index contributed by atoms with van der Waals surface area (Å²) in [6.07, 6.45) is 10.7. The van der Waals surface area contributed by atoms with Gasteiger partial charge in [-0.15, -0.1) is 0 Å². The average Bonchev–Trinajstić information content (AvgIpc) is 3.08. The molecule has 3 N–H and O–H groups in total. The first kappa shape index (κ1) is 19.4. The van der Waals surface area contributed by atoms with E-state index in [9.17, 15) is 4.79 Å². The van der Waals surface area contributed by atoms with Crippen LogP contribution in [0.3, 0.4) is 0 Å². The number of aromatic nitrogens is 1. The Bertz CT molecular complexity index is 913. The number of benzene rings is 1. The van der Waals surface area contributed by atoms with Gasteiger partial charge in [0.05, 0.1) is 6.04 Å². The highest BCUT2D eigenvalue weighted by molar-refractivity contribution is 5.79. The van der Waals surface area contributed by atoms with E-state index in [1.807, 2.05) is 12.1 Å². The number of nitrogens with one attached hydrogen (secondary N) is 1. The van der Waals surface area contributed by atoms with Crippen molar-refractivity contribution >= 4 is 17.4 Å². The Hall–Kier alpha value is -2.56. The Labute approximate surface area is 179 Å². The third-order valence-corrected chi connectivity index (χ3v) is 7.61. The van der Waals surface area contributed by atoms with E-state index in [1.54, 1.807) is 6.20 Å². The second-order valence-electron chi connectivity index (χ2n) is 9.40. The van der Waals surface area contributed by atoms with Crippen molar-refractivity contribution in [3.8, 4) is 0 Å². The molecule has 5 rings (SSSR count). The number of pyridine rings is 1. The van der Waals surface area contributed by atoms with Gasteiger partial charge in [0.15, 0.2) is 0 Å². The minimum atomic E-state index is 0.146. The zero-order valence-electron chi connectivity index (χ0n) is 17.6. The number of rotatable bonds is 3. The Morgan fingerprint density at radius 3 is 2.63 bits per heavy atom. The van der Waals surface area contributed by atoms with Crippen LogP contribution in [-0.2, 0) is 10.2 Å². The minimum Gasteiger partial charge on any atom is -0.399 e. The summed E-state index contributed by atoms with van der Waals surface area (Å²) in [5, 5.41) is 3.45. The summed E-state index contributed by atoms with van der Waals surface area (Å²) in [7, 11) is 0. The SMILES string of the molecule is Nc1ccnc(N2CCC3(CC2)CC(NC(=O)C2CCCCC2)c2ccccc23)c1. The van der Waals surface area contributed by atoms with Gasteiger partial charge in [0.1, 0.15) is 5.82 Å². The van der Waals surface area contributed by atoms with Crippen molar-refractivity contribution in [3.63, 3.8) is 0 Å². The number of carbonyl (C=O) groups is 1. The minimum absolute atomic E-state index is 0.146. The number of hydrogen-bond acceptors (Lipinski definition) is 4. The molecule has 2 fully saturated rings. The highest BCUT2D eigenvalue weighted by Gasteiger charge is 2.46. The summed E-state index contributed by atoms with van der Waals surface area (Å²) < 4.78 is 0. The molecule has 1 unspecified atom stereocenters. The zero-order chi connectivity index (χ0) is 20.6. The number of piperidine rings is 1. The summed E-state index contributed by atoms with van der Waals surface area (Å²) in [4.78, 5) is 19.8. The largest absolute Gasteiger partial charge is 0.399 e. The lowest BCUT2D eigenvalue weighted by molar-refractivity contribution is -0.126. The third kappa shape index (κ3) is 3.55. The van der Waals surface area contributed by atoms with Crippen molar-refractivity contribution < 1.29 is 4.79 Å². The maximum atomic E-state index is 13.0. The molecule has 5 nitrogen and oxygen atoms in total. The summed E-state index contributed by atoms with van der Waals surface area (Å²) in [5.41, 5.74) is 9.65. The van der Waals surface area contributed by atoms with E-state index < -0.39 is 0 Å². The van der Waals surface area contributed by atoms with Gasteiger partial charge in [-0.25, -0.2) is 4.98 Å². The maximum absolute atomic E-state index is 13.0. The van der Waals surface area contributed by atoms with Crippen LogP contribution in [-0.4, -0.2) is 24.0 Å². The fourth-order valence-corrected chi connectivity index (χ4v) is 5.92. The second-order valence-corrected chi connectivity index (χ2v) is 9.40. The van der Waals surface area contributed by atoms with E-state index in [4.69, 9.17) is 5.73 Å². The number of hydrogen-bond donors (Lipinski definition) is 2. The van der Waals surface area contributed by atoms with Gasteiger partial charge in [-0.3, -0.25) is 4.79 Å². The molecule has 0 radical (unpaired) electrons. The molecule has 2 aromatic rings. The number of nitrogens with two attached hydrogens (primary N) is 1. The van der Waals surface area contributed by atoms with Gasteiger partial charge in [-0.2, -0.15) is 0 Å². The molecule has 158 valence electrons. The lowest BCUT2D eigenvalue weighted by Crippen LogP contribution is -2.42. The van der Waals surface area contributed by atoms with Crippen molar-refractivity contribution in [1.29, 1.82) is 0 Å². The lowest BCUT2D eigenvalue weighted by Gasteiger charge is -2.41. The van der Waals surface area contributed by atoms with Crippen molar-refractivity contribution in [2.24, 2.45) is 5.92 Å². The molecule has 2 aliphatic carbocycles. The van der Waals surface area contributed by atoms with E-state index in [1.165, 1.54) is 30.4 Å². The van der Waals surface area contributed by atoms with Crippen LogP contribution in [0.15, 0.2) is 42.6 Å². The first-order valence-corrected chi connectivity index (χ1v) is 11.5. The van der Waals surface area contributed by atoms with Crippen molar-refractivity contribution in [2.75, 3.05) is 23.7 Å². The molecule has 1 saturated heterocycles. The van der Waals surface area contributed by atoms with Crippen LogP contribution in [0.5, 0.6) is 0 Å². The van der Waals surface area contributed by atoms with E-state index in [0.717, 1.165) is 56.7 Å². The molecule has 3 aliphatic rings. The van der Waals surface area contributed by atoms with E-state index in [2.05, 4.69) is 39.5 Å². The smallest absolute Gasteiger partial charge is 0.223 e. The second kappa shape index (κ2) is 7.93. The quantitative estimate of drug-likeness (QED) is 0.798. The molecule has 1 spiro atoms. The van der Waals surface area contributed by atoms with Crippen LogP contribution in [0.25, 0.3) is 0 Å². The fraction of sp³-hybridized carbons (Fsp3) is 0.520. The molecule has 1 aromatic carbocycles. The highest BCUT2D eigenvalue weighted by atomic mass is 16.1. The number of fused-ring (bicyclic) bond motifs is 2. The van der Waals surface area contributed by atoms with Crippen LogP contribution in [0, 0.1) is 5.92 Å². The van der Waals surface area contributed by atoms with Crippen LogP contribution in [0.2, 0.25) is 0 Å². The number of nitrogen functional groups attached to an aromatic ring is 1. The Balaban J connectivity index is 1.32. The molecule has 1 atom stereocenters. The van der Waals surface area contributed by atoms with Gasteiger partial charge in [0.2, 0.25) is 5.91 Å². The normalized spacial score (nSPS) is 23.3. The van der Waals surface area contributed by atoms with Crippen LogP contribution in [0.4, 0.5) is 11.5 Å². The van der Waals surface area contributed by atoms with Gasteiger partial charge < -0.3 is 16.0 Å². The summed E-state index contributed by atoms with van der Waals surface area (Å²) in [6, 6.07) is 12.7. The highest BCUT2D eigenvalue weighted by Crippen LogP contribution is 2.51.